The average Bonchev–Trinajstić information content (AvgIpc) is 2.16. The number of halogens is 1. The lowest BCUT2D eigenvalue weighted by atomic mass is 10.2. The van der Waals surface area contributed by atoms with E-state index in [2.05, 4.69) is 15.9 Å². The smallest absolute Gasteiger partial charge is 0.298 e. The van der Waals surface area contributed by atoms with Gasteiger partial charge in [0.25, 0.3) is 10.1 Å². The molecule has 0 radical (unpaired) electrons. The molecule has 0 amide bonds. The van der Waals surface area contributed by atoms with E-state index in [1.54, 1.807) is 6.07 Å². The van der Waals surface area contributed by atoms with Crippen LogP contribution in [0.5, 0.6) is 5.75 Å². The van der Waals surface area contributed by atoms with E-state index < -0.39 is 10.1 Å². The number of hydrogen-bond donors (Lipinski definition) is 1. The first-order valence-electron chi connectivity index (χ1n) is 4.24. The van der Waals surface area contributed by atoms with E-state index in [-0.39, 0.29) is 10.6 Å². The molecule has 0 aliphatic carbocycles. The highest BCUT2D eigenvalue weighted by Gasteiger charge is 2.18. The molecule has 0 bridgehead atoms. The molecular formula is C9H11BrO4S. The summed E-state index contributed by atoms with van der Waals surface area (Å²) in [7, 11) is -2.89. The zero-order valence-corrected chi connectivity index (χ0v) is 10.7. The molecule has 84 valence electrons. The van der Waals surface area contributed by atoms with Crippen molar-refractivity contribution >= 4 is 26.0 Å². The first-order chi connectivity index (χ1) is 6.90. The standard InChI is InChI=1S/C9H11BrO4S/c1-3-6-4-8(14-2)9(5-7(6)10)15(11,12)13/h4-5H,3H2,1-2H3,(H,11,12,13). The lowest BCUT2D eigenvalue weighted by Gasteiger charge is -2.09. The van der Waals surface area contributed by atoms with Crippen molar-refractivity contribution < 1.29 is 17.7 Å². The van der Waals surface area contributed by atoms with Crippen molar-refractivity contribution in [2.75, 3.05) is 7.11 Å². The van der Waals surface area contributed by atoms with Gasteiger partial charge in [0.05, 0.1) is 7.11 Å². The fourth-order valence-corrected chi connectivity index (χ4v) is 2.65. The fourth-order valence-electron chi connectivity index (χ4n) is 1.21. The van der Waals surface area contributed by atoms with E-state index in [1.807, 2.05) is 6.92 Å². The van der Waals surface area contributed by atoms with Crippen LogP contribution < -0.4 is 4.74 Å². The number of rotatable bonds is 3. The van der Waals surface area contributed by atoms with E-state index >= 15 is 0 Å². The van der Waals surface area contributed by atoms with Crippen molar-refractivity contribution in [3.8, 4) is 5.75 Å². The van der Waals surface area contributed by atoms with Gasteiger partial charge in [-0.05, 0) is 24.1 Å². The van der Waals surface area contributed by atoms with Crippen LogP contribution in [-0.4, -0.2) is 20.1 Å². The maximum absolute atomic E-state index is 11.0. The third-order valence-corrected chi connectivity index (χ3v) is 3.60. The van der Waals surface area contributed by atoms with Gasteiger partial charge in [0.1, 0.15) is 10.6 Å². The van der Waals surface area contributed by atoms with Crippen LogP contribution in [0.4, 0.5) is 0 Å². The molecule has 0 spiro atoms. The molecule has 0 aliphatic heterocycles. The lowest BCUT2D eigenvalue weighted by molar-refractivity contribution is 0.397. The molecule has 0 saturated carbocycles. The highest BCUT2D eigenvalue weighted by molar-refractivity contribution is 9.10. The maximum Gasteiger partial charge on any atom is 0.298 e. The summed E-state index contributed by atoms with van der Waals surface area (Å²) in [6, 6.07) is 2.93. The molecule has 0 aliphatic rings. The summed E-state index contributed by atoms with van der Waals surface area (Å²) in [6.07, 6.45) is 0.739. The minimum Gasteiger partial charge on any atom is -0.495 e. The normalized spacial score (nSPS) is 11.5. The Morgan fingerprint density at radius 3 is 2.47 bits per heavy atom. The first-order valence-corrected chi connectivity index (χ1v) is 6.47. The van der Waals surface area contributed by atoms with Gasteiger partial charge in [0.15, 0.2) is 0 Å². The van der Waals surface area contributed by atoms with Crippen LogP contribution in [0.2, 0.25) is 0 Å². The summed E-state index contributed by atoms with van der Waals surface area (Å²) in [4.78, 5) is -0.228. The Labute approximate surface area is 97.1 Å². The molecule has 6 heteroatoms. The Balaban J connectivity index is 3.48. The van der Waals surface area contributed by atoms with Crippen molar-refractivity contribution in [2.24, 2.45) is 0 Å². The Morgan fingerprint density at radius 2 is 2.07 bits per heavy atom. The highest BCUT2D eigenvalue weighted by Crippen LogP contribution is 2.30. The zero-order valence-electron chi connectivity index (χ0n) is 8.32. The molecule has 1 rings (SSSR count). The van der Waals surface area contributed by atoms with Gasteiger partial charge in [0, 0.05) is 4.47 Å². The molecule has 0 atom stereocenters. The monoisotopic (exact) mass is 294 g/mol. The maximum atomic E-state index is 11.0. The fraction of sp³-hybridized carbons (Fsp3) is 0.333. The van der Waals surface area contributed by atoms with Gasteiger partial charge in [-0.1, -0.05) is 22.9 Å². The van der Waals surface area contributed by atoms with Gasteiger partial charge in [-0.3, -0.25) is 4.55 Å². The van der Waals surface area contributed by atoms with Crippen LogP contribution >= 0.6 is 15.9 Å². The van der Waals surface area contributed by atoms with Crippen molar-refractivity contribution in [2.45, 2.75) is 18.2 Å². The predicted molar refractivity (Wildman–Crippen MR) is 59.9 cm³/mol. The Bertz CT molecular complexity index is 467. The van der Waals surface area contributed by atoms with Crippen molar-refractivity contribution in [3.05, 3.63) is 22.2 Å². The summed E-state index contributed by atoms with van der Waals surface area (Å²) >= 11 is 3.23. The summed E-state index contributed by atoms with van der Waals surface area (Å²) in [6.45, 7) is 1.94. The second kappa shape index (κ2) is 4.51. The topological polar surface area (TPSA) is 63.6 Å². The van der Waals surface area contributed by atoms with Crippen LogP contribution in [0.1, 0.15) is 12.5 Å². The minimum absolute atomic E-state index is 0.151. The lowest BCUT2D eigenvalue weighted by Crippen LogP contribution is -2.02. The molecule has 4 nitrogen and oxygen atoms in total. The second-order valence-electron chi connectivity index (χ2n) is 2.92. The summed E-state index contributed by atoms with van der Waals surface area (Å²) in [5.41, 5.74) is 0.916. The number of aryl methyl sites for hydroxylation is 1. The van der Waals surface area contributed by atoms with Gasteiger partial charge < -0.3 is 4.74 Å². The van der Waals surface area contributed by atoms with Crippen LogP contribution in [0.15, 0.2) is 21.5 Å². The summed E-state index contributed by atoms with van der Waals surface area (Å²) < 4.78 is 36.5. The SMILES string of the molecule is CCc1cc(OC)c(S(=O)(=O)O)cc1Br. The quantitative estimate of drug-likeness (QED) is 0.869. The Morgan fingerprint density at radius 1 is 1.47 bits per heavy atom. The third kappa shape index (κ3) is 2.70. The molecule has 1 aromatic rings. The molecule has 0 heterocycles. The number of ether oxygens (including phenoxy) is 1. The minimum atomic E-state index is -4.25. The number of hydrogen-bond acceptors (Lipinski definition) is 3. The van der Waals surface area contributed by atoms with E-state index in [4.69, 9.17) is 9.29 Å². The Hall–Kier alpha value is -0.590. The molecule has 0 fully saturated rings. The van der Waals surface area contributed by atoms with E-state index in [9.17, 15) is 8.42 Å². The molecule has 1 aromatic carbocycles. The molecule has 0 saturated heterocycles. The van der Waals surface area contributed by atoms with Gasteiger partial charge >= 0.3 is 0 Å². The van der Waals surface area contributed by atoms with Crippen LogP contribution in [0, 0.1) is 0 Å². The van der Waals surface area contributed by atoms with Gasteiger partial charge in [-0.2, -0.15) is 8.42 Å². The van der Waals surface area contributed by atoms with Crippen molar-refractivity contribution in [1.82, 2.24) is 0 Å². The van der Waals surface area contributed by atoms with E-state index in [1.165, 1.54) is 13.2 Å². The van der Waals surface area contributed by atoms with Gasteiger partial charge in [0.2, 0.25) is 0 Å². The second-order valence-corrected chi connectivity index (χ2v) is 5.17. The van der Waals surface area contributed by atoms with E-state index in [0.717, 1.165) is 12.0 Å². The van der Waals surface area contributed by atoms with E-state index in [0.29, 0.717) is 4.47 Å². The number of methoxy groups -OCH3 is 1. The van der Waals surface area contributed by atoms with Gasteiger partial charge in [-0.15, -0.1) is 0 Å². The molecule has 1 N–H and O–H groups in total. The summed E-state index contributed by atoms with van der Waals surface area (Å²) in [5.74, 6) is 0.151. The Kier molecular flexibility index (Phi) is 3.75. The average molecular weight is 295 g/mol. The molecule has 15 heavy (non-hydrogen) atoms. The van der Waals surface area contributed by atoms with Gasteiger partial charge in [-0.25, -0.2) is 0 Å². The van der Waals surface area contributed by atoms with Crippen LogP contribution in [0.25, 0.3) is 0 Å². The largest absolute Gasteiger partial charge is 0.495 e. The highest BCUT2D eigenvalue weighted by atomic mass is 79.9. The molecule has 0 aromatic heterocycles. The van der Waals surface area contributed by atoms with Crippen LogP contribution in [-0.2, 0) is 16.5 Å². The first kappa shape index (κ1) is 12.5. The number of benzene rings is 1. The predicted octanol–water partition coefficient (Wildman–Crippen LogP) is 2.27. The zero-order chi connectivity index (χ0) is 11.6. The summed E-state index contributed by atoms with van der Waals surface area (Å²) in [5, 5.41) is 0. The third-order valence-electron chi connectivity index (χ3n) is 1.99. The van der Waals surface area contributed by atoms with Crippen molar-refractivity contribution in [3.63, 3.8) is 0 Å². The van der Waals surface area contributed by atoms with Crippen LogP contribution in [0.3, 0.4) is 0 Å². The molecule has 0 unspecified atom stereocenters. The van der Waals surface area contributed by atoms with Crippen molar-refractivity contribution in [1.29, 1.82) is 0 Å². The molecular weight excluding hydrogens is 284 g/mol.